The standard InChI is InChI=1S/C14H11ClN4O/c15-10-7-8(16)5-6-9(10)13(20)19-14-17-11-3-1-2-4-12(11)18-14/h1-7H,16H2,(H2,17,18,19,20). The number of fused-ring (bicyclic) bond motifs is 1. The molecule has 0 atom stereocenters. The van der Waals surface area contributed by atoms with Crippen LogP contribution < -0.4 is 11.1 Å². The molecule has 0 spiro atoms. The van der Waals surface area contributed by atoms with Crippen molar-refractivity contribution in [2.45, 2.75) is 0 Å². The minimum Gasteiger partial charge on any atom is -0.399 e. The number of carbonyl (C=O) groups excluding carboxylic acids is 1. The van der Waals surface area contributed by atoms with Gasteiger partial charge in [0.2, 0.25) is 5.95 Å². The molecule has 0 saturated carbocycles. The van der Waals surface area contributed by atoms with E-state index in [4.69, 9.17) is 17.3 Å². The number of aromatic nitrogens is 2. The molecule has 3 aromatic rings. The first kappa shape index (κ1) is 12.5. The lowest BCUT2D eigenvalue weighted by atomic mass is 10.2. The van der Waals surface area contributed by atoms with E-state index in [2.05, 4.69) is 15.3 Å². The van der Waals surface area contributed by atoms with E-state index < -0.39 is 0 Å². The van der Waals surface area contributed by atoms with Gasteiger partial charge in [-0.15, -0.1) is 0 Å². The number of nitrogens with zero attached hydrogens (tertiary/aromatic N) is 1. The van der Waals surface area contributed by atoms with E-state index in [9.17, 15) is 4.79 Å². The lowest BCUT2D eigenvalue weighted by Gasteiger charge is -2.04. The maximum absolute atomic E-state index is 12.1. The predicted molar refractivity (Wildman–Crippen MR) is 79.9 cm³/mol. The van der Waals surface area contributed by atoms with Crippen LogP contribution in [0.25, 0.3) is 11.0 Å². The summed E-state index contributed by atoms with van der Waals surface area (Å²) >= 11 is 6.00. The van der Waals surface area contributed by atoms with Crippen LogP contribution in [0.4, 0.5) is 11.6 Å². The van der Waals surface area contributed by atoms with Crippen LogP contribution in [0.1, 0.15) is 10.4 Å². The summed E-state index contributed by atoms with van der Waals surface area (Å²) in [6.07, 6.45) is 0. The van der Waals surface area contributed by atoms with Gasteiger partial charge in [-0.3, -0.25) is 10.1 Å². The lowest BCUT2D eigenvalue weighted by Crippen LogP contribution is -2.13. The van der Waals surface area contributed by atoms with Crippen molar-refractivity contribution in [1.82, 2.24) is 9.97 Å². The number of H-pyrrole nitrogens is 1. The Morgan fingerprint density at radius 2 is 2.05 bits per heavy atom. The summed E-state index contributed by atoms with van der Waals surface area (Å²) < 4.78 is 0. The minimum absolute atomic E-state index is 0.304. The molecule has 0 fully saturated rings. The molecule has 20 heavy (non-hydrogen) atoms. The molecule has 0 aliphatic carbocycles. The first-order chi connectivity index (χ1) is 9.63. The third kappa shape index (κ3) is 2.31. The lowest BCUT2D eigenvalue weighted by molar-refractivity contribution is 0.102. The van der Waals surface area contributed by atoms with Crippen molar-refractivity contribution in [3.05, 3.63) is 53.1 Å². The van der Waals surface area contributed by atoms with E-state index in [1.807, 2.05) is 24.3 Å². The van der Waals surface area contributed by atoms with Gasteiger partial charge in [0, 0.05) is 5.69 Å². The topological polar surface area (TPSA) is 83.8 Å². The molecule has 0 unspecified atom stereocenters. The number of aromatic amines is 1. The number of nitrogens with two attached hydrogens (primary N) is 1. The monoisotopic (exact) mass is 286 g/mol. The first-order valence-corrected chi connectivity index (χ1v) is 6.32. The van der Waals surface area contributed by atoms with Crippen LogP contribution in [-0.4, -0.2) is 15.9 Å². The Morgan fingerprint density at radius 3 is 2.80 bits per heavy atom. The fraction of sp³-hybridized carbons (Fsp3) is 0. The highest BCUT2D eigenvalue weighted by Gasteiger charge is 2.12. The van der Waals surface area contributed by atoms with Gasteiger partial charge in [0.05, 0.1) is 21.6 Å². The molecule has 4 N–H and O–H groups in total. The van der Waals surface area contributed by atoms with Gasteiger partial charge in [0.25, 0.3) is 5.91 Å². The van der Waals surface area contributed by atoms with Crippen LogP contribution in [0, 0.1) is 0 Å². The van der Waals surface area contributed by atoms with Gasteiger partial charge in [-0.1, -0.05) is 23.7 Å². The van der Waals surface area contributed by atoms with E-state index >= 15 is 0 Å². The number of carbonyl (C=O) groups is 1. The maximum atomic E-state index is 12.1. The molecular formula is C14H11ClN4O. The molecule has 0 saturated heterocycles. The summed E-state index contributed by atoms with van der Waals surface area (Å²) in [4.78, 5) is 19.4. The number of para-hydroxylation sites is 2. The largest absolute Gasteiger partial charge is 0.399 e. The zero-order chi connectivity index (χ0) is 14.1. The zero-order valence-corrected chi connectivity index (χ0v) is 11.1. The highest BCUT2D eigenvalue weighted by Crippen LogP contribution is 2.20. The summed E-state index contributed by atoms with van der Waals surface area (Å²) in [5, 5.41) is 2.98. The number of hydrogen-bond donors (Lipinski definition) is 3. The molecule has 0 aliphatic rings. The molecule has 6 heteroatoms. The van der Waals surface area contributed by atoms with E-state index in [0.717, 1.165) is 11.0 Å². The molecular weight excluding hydrogens is 276 g/mol. The number of halogens is 1. The first-order valence-electron chi connectivity index (χ1n) is 5.94. The van der Waals surface area contributed by atoms with Gasteiger partial charge < -0.3 is 10.7 Å². The molecule has 1 heterocycles. The Morgan fingerprint density at radius 1 is 1.25 bits per heavy atom. The van der Waals surface area contributed by atoms with Gasteiger partial charge in [-0.05, 0) is 30.3 Å². The number of anilines is 2. The fourth-order valence-corrected chi connectivity index (χ4v) is 2.18. The Kier molecular flexibility index (Phi) is 3.04. The van der Waals surface area contributed by atoms with Crippen LogP contribution in [0.15, 0.2) is 42.5 Å². The second kappa shape index (κ2) is 4.86. The van der Waals surface area contributed by atoms with E-state index in [1.165, 1.54) is 6.07 Å². The van der Waals surface area contributed by atoms with Gasteiger partial charge in [-0.25, -0.2) is 4.98 Å². The van der Waals surface area contributed by atoms with Gasteiger partial charge >= 0.3 is 0 Å². The molecule has 0 radical (unpaired) electrons. The average molecular weight is 287 g/mol. The SMILES string of the molecule is Nc1ccc(C(=O)Nc2nc3ccccc3[nH]2)c(Cl)c1. The normalized spacial score (nSPS) is 10.7. The summed E-state index contributed by atoms with van der Waals surface area (Å²) in [6, 6.07) is 12.3. The maximum Gasteiger partial charge on any atom is 0.259 e. The van der Waals surface area contributed by atoms with Crippen molar-refractivity contribution in [2.75, 3.05) is 11.1 Å². The molecule has 5 nitrogen and oxygen atoms in total. The fourth-order valence-electron chi connectivity index (χ4n) is 1.90. The minimum atomic E-state index is -0.339. The number of hydrogen-bond acceptors (Lipinski definition) is 3. The number of imidazole rings is 1. The molecule has 1 amide bonds. The molecule has 2 aromatic carbocycles. The summed E-state index contributed by atoms with van der Waals surface area (Å²) in [6.45, 7) is 0. The molecule has 3 rings (SSSR count). The molecule has 0 aliphatic heterocycles. The predicted octanol–water partition coefficient (Wildman–Crippen LogP) is 3.05. The molecule has 100 valence electrons. The third-order valence-corrected chi connectivity index (χ3v) is 3.17. The molecule has 1 aromatic heterocycles. The van der Waals surface area contributed by atoms with Crippen LogP contribution in [-0.2, 0) is 0 Å². The van der Waals surface area contributed by atoms with Crippen molar-refractivity contribution in [3.8, 4) is 0 Å². The van der Waals surface area contributed by atoms with E-state index in [-0.39, 0.29) is 5.91 Å². The van der Waals surface area contributed by atoms with Crippen LogP contribution in [0.3, 0.4) is 0 Å². The molecule has 0 bridgehead atoms. The average Bonchev–Trinajstić information content (AvgIpc) is 2.80. The van der Waals surface area contributed by atoms with Crippen molar-refractivity contribution < 1.29 is 4.79 Å². The van der Waals surface area contributed by atoms with Crippen LogP contribution in [0.5, 0.6) is 0 Å². The number of amides is 1. The van der Waals surface area contributed by atoms with Crippen LogP contribution >= 0.6 is 11.6 Å². The second-order valence-electron chi connectivity index (χ2n) is 4.30. The van der Waals surface area contributed by atoms with Gasteiger partial charge in [-0.2, -0.15) is 0 Å². The van der Waals surface area contributed by atoms with E-state index in [0.29, 0.717) is 22.2 Å². The third-order valence-electron chi connectivity index (χ3n) is 2.86. The van der Waals surface area contributed by atoms with Crippen molar-refractivity contribution in [2.24, 2.45) is 0 Å². The smallest absolute Gasteiger partial charge is 0.259 e. The highest BCUT2D eigenvalue weighted by atomic mass is 35.5. The second-order valence-corrected chi connectivity index (χ2v) is 4.70. The van der Waals surface area contributed by atoms with Crippen molar-refractivity contribution in [1.29, 1.82) is 0 Å². The Bertz CT molecular complexity index is 764. The van der Waals surface area contributed by atoms with Crippen molar-refractivity contribution in [3.63, 3.8) is 0 Å². The Hall–Kier alpha value is -2.53. The number of nitrogen functional groups attached to an aromatic ring is 1. The number of rotatable bonds is 2. The summed E-state index contributed by atoms with van der Waals surface area (Å²) in [5.74, 6) is 0.0400. The zero-order valence-electron chi connectivity index (χ0n) is 10.4. The Labute approximate surface area is 119 Å². The van der Waals surface area contributed by atoms with E-state index in [1.54, 1.807) is 12.1 Å². The van der Waals surface area contributed by atoms with Crippen LogP contribution in [0.2, 0.25) is 5.02 Å². The quantitative estimate of drug-likeness (QED) is 0.633. The Balaban J connectivity index is 1.88. The highest BCUT2D eigenvalue weighted by molar-refractivity contribution is 6.34. The van der Waals surface area contributed by atoms with Gasteiger partial charge in [0.1, 0.15) is 0 Å². The summed E-state index contributed by atoms with van der Waals surface area (Å²) in [5.41, 5.74) is 8.09. The van der Waals surface area contributed by atoms with Crippen molar-refractivity contribution >= 4 is 40.2 Å². The number of benzene rings is 2. The number of nitrogens with one attached hydrogen (secondary N) is 2. The summed E-state index contributed by atoms with van der Waals surface area (Å²) in [7, 11) is 0. The van der Waals surface area contributed by atoms with Gasteiger partial charge in [0.15, 0.2) is 0 Å².